The lowest BCUT2D eigenvalue weighted by Gasteiger charge is -2.15. The molecule has 1 aliphatic heterocycles. The van der Waals surface area contributed by atoms with Gasteiger partial charge in [0.25, 0.3) is 0 Å². The van der Waals surface area contributed by atoms with E-state index in [2.05, 4.69) is 0 Å². The molecular formula is C13H15NO5. The van der Waals surface area contributed by atoms with Crippen LogP contribution in [0, 0.1) is 11.3 Å². The molecule has 0 fully saturated rings. The second-order valence-electron chi connectivity index (χ2n) is 4.06. The van der Waals surface area contributed by atoms with Crippen LogP contribution in [0.2, 0.25) is 0 Å². The predicted octanol–water partition coefficient (Wildman–Crippen LogP) is 1.25. The maximum absolute atomic E-state index is 9.74. The molecule has 1 aliphatic rings. The lowest BCUT2D eigenvalue weighted by Crippen LogP contribution is -2.10. The molecule has 1 N–H and O–H groups in total. The number of ether oxygens (including phenoxy) is 4. The standard InChI is InChI=1S/C13H15NO5/c1-16-10-6-8(5-9(15)3-4-14)11(17-2)13-12(10)18-7-19-13/h6,9,15H,3,5,7H2,1-2H3/t9-/m1/s1. The number of hydrogen-bond donors (Lipinski definition) is 1. The molecule has 0 amide bonds. The van der Waals surface area contributed by atoms with E-state index in [1.165, 1.54) is 14.2 Å². The third kappa shape index (κ3) is 2.51. The van der Waals surface area contributed by atoms with Crippen LogP contribution in [0.4, 0.5) is 0 Å². The van der Waals surface area contributed by atoms with Crippen molar-refractivity contribution >= 4 is 0 Å². The van der Waals surface area contributed by atoms with E-state index in [0.717, 1.165) is 0 Å². The number of methoxy groups -OCH3 is 2. The maximum Gasteiger partial charge on any atom is 0.231 e. The first-order valence-electron chi connectivity index (χ1n) is 5.79. The van der Waals surface area contributed by atoms with Crippen LogP contribution in [0.25, 0.3) is 0 Å². The van der Waals surface area contributed by atoms with Crippen molar-refractivity contribution in [2.24, 2.45) is 0 Å². The SMILES string of the molecule is COc1cc(C[C@H](O)CC#N)c(OC)c2c1OCO2. The van der Waals surface area contributed by atoms with E-state index in [1.807, 2.05) is 6.07 Å². The lowest BCUT2D eigenvalue weighted by atomic mass is 10.0. The van der Waals surface area contributed by atoms with Crippen LogP contribution in [0.3, 0.4) is 0 Å². The minimum atomic E-state index is -0.760. The Hall–Kier alpha value is -2.13. The monoisotopic (exact) mass is 265 g/mol. The van der Waals surface area contributed by atoms with Crippen molar-refractivity contribution in [1.29, 1.82) is 5.26 Å². The summed E-state index contributed by atoms with van der Waals surface area (Å²) in [6, 6.07) is 3.66. The minimum absolute atomic E-state index is 0.0555. The second-order valence-corrected chi connectivity index (χ2v) is 4.06. The molecule has 6 heteroatoms. The average Bonchev–Trinajstić information content (AvgIpc) is 2.87. The van der Waals surface area contributed by atoms with Gasteiger partial charge in [-0.2, -0.15) is 5.26 Å². The summed E-state index contributed by atoms with van der Waals surface area (Å²) in [6.07, 6.45) is -0.423. The Morgan fingerprint density at radius 2 is 2.11 bits per heavy atom. The Balaban J connectivity index is 2.40. The quantitative estimate of drug-likeness (QED) is 0.863. The van der Waals surface area contributed by atoms with E-state index in [-0.39, 0.29) is 19.6 Å². The molecule has 1 heterocycles. The molecule has 0 aromatic heterocycles. The summed E-state index contributed by atoms with van der Waals surface area (Å²) in [5.74, 6) is 2.00. The number of aliphatic hydroxyl groups excluding tert-OH is 1. The van der Waals surface area contributed by atoms with Crippen LogP contribution < -0.4 is 18.9 Å². The third-order valence-electron chi connectivity index (χ3n) is 2.85. The van der Waals surface area contributed by atoms with E-state index in [0.29, 0.717) is 28.6 Å². The van der Waals surface area contributed by atoms with Crippen LogP contribution in [0.5, 0.6) is 23.0 Å². The molecule has 0 spiro atoms. The van der Waals surface area contributed by atoms with Gasteiger partial charge in [-0.1, -0.05) is 0 Å². The number of rotatable bonds is 5. The molecule has 19 heavy (non-hydrogen) atoms. The molecule has 0 radical (unpaired) electrons. The molecule has 6 nitrogen and oxygen atoms in total. The van der Waals surface area contributed by atoms with Crippen LogP contribution in [-0.2, 0) is 6.42 Å². The Morgan fingerprint density at radius 1 is 1.37 bits per heavy atom. The highest BCUT2D eigenvalue weighted by atomic mass is 16.7. The van der Waals surface area contributed by atoms with Gasteiger partial charge in [-0.25, -0.2) is 0 Å². The zero-order valence-corrected chi connectivity index (χ0v) is 10.8. The van der Waals surface area contributed by atoms with Gasteiger partial charge < -0.3 is 24.1 Å². The van der Waals surface area contributed by atoms with Crippen molar-refractivity contribution < 1.29 is 24.1 Å². The Morgan fingerprint density at radius 3 is 2.74 bits per heavy atom. The van der Waals surface area contributed by atoms with Crippen molar-refractivity contribution in [3.05, 3.63) is 11.6 Å². The number of nitrogens with zero attached hydrogens (tertiary/aromatic N) is 1. The normalized spacial score (nSPS) is 13.8. The molecule has 0 saturated heterocycles. The zero-order chi connectivity index (χ0) is 13.8. The molecule has 0 bridgehead atoms. The first kappa shape index (κ1) is 13.3. The van der Waals surface area contributed by atoms with Gasteiger partial charge in [0.15, 0.2) is 11.5 Å². The number of hydrogen-bond acceptors (Lipinski definition) is 6. The van der Waals surface area contributed by atoms with Gasteiger partial charge >= 0.3 is 0 Å². The maximum atomic E-state index is 9.74. The fourth-order valence-corrected chi connectivity index (χ4v) is 2.02. The molecule has 1 aromatic carbocycles. The second kappa shape index (κ2) is 5.67. The molecule has 0 unspecified atom stereocenters. The van der Waals surface area contributed by atoms with Crippen molar-refractivity contribution in [2.75, 3.05) is 21.0 Å². The fraction of sp³-hybridized carbons (Fsp3) is 0.462. The summed E-state index contributed by atoms with van der Waals surface area (Å²) >= 11 is 0. The van der Waals surface area contributed by atoms with Crippen molar-refractivity contribution in [3.8, 4) is 29.1 Å². The Bertz CT molecular complexity index is 509. The van der Waals surface area contributed by atoms with Gasteiger partial charge in [-0.3, -0.25) is 0 Å². The van der Waals surface area contributed by atoms with Crippen LogP contribution >= 0.6 is 0 Å². The Kier molecular flexibility index (Phi) is 3.97. The number of aliphatic hydroxyl groups is 1. The van der Waals surface area contributed by atoms with Gasteiger partial charge in [-0.15, -0.1) is 0 Å². The summed E-state index contributed by atoms with van der Waals surface area (Å²) in [6.45, 7) is 0.103. The summed E-state index contributed by atoms with van der Waals surface area (Å²) in [5.41, 5.74) is 0.714. The van der Waals surface area contributed by atoms with E-state index < -0.39 is 6.10 Å². The highest BCUT2D eigenvalue weighted by Crippen LogP contribution is 2.49. The predicted molar refractivity (Wildman–Crippen MR) is 65.6 cm³/mol. The van der Waals surface area contributed by atoms with Gasteiger partial charge in [0.1, 0.15) is 0 Å². The summed E-state index contributed by atoms with van der Waals surface area (Å²) in [4.78, 5) is 0. The van der Waals surface area contributed by atoms with Crippen LogP contribution in [0.15, 0.2) is 6.07 Å². The van der Waals surface area contributed by atoms with E-state index in [1.54, 1.807) is 6.07 Å². The van der Waals surface area contributed by atoms with Gasteiger partial charge in [-0.05, 0) is 6.07 Å². The largest absolute Gasteiger partial charge is 0.493 e. The summed E-state index contributed by atoms with van der Waals surface area (Å²) < 4.78 is 21.2. The number of fused-ring (bicyclic) bond motifs is 1. The first-order chi connectivity index (χ1) is 9.21. The molecule has 1 aromatic rings. The van der Waals surface area contributed by atoms with Crippen LogP contribution in [0.1, 0.15) is 12.0 Å². The molecule has 1 atom stereocenters. The smallest absolute Gasteiger partial charge is 0.231 e. The number of nitriles is 1. The number of benzene rings is 1. The van der Waals surface area contributed by atoms with E-state index >= 15 is 0 Å². The van der Waals surface area contributed by atoms with Gasteiger partial charge in [0, 0.05) is 12.0 Å². The van der Waals surface area contributed by atoms with Crippen LogP contribution in [-0.4, -0.2) is 32.2 Å². The Labute approximate surface area is 111 Å². The zero-order valence-electron chi connectivity index (χ0n) is 10.8. The lowest BCUT2D eigenvalue weighted by molar-refractivity contribution is 0.168. The minimum Gasteiger partial charge on any atom is -0.493 e. The highest BCUT2D eigenvalue weighted by molar-refractivity contribution is 5.64. The molecule has 2 rings (SSSR count). The molecular weight excluding hydrogens is 250 g/mol. The topological polar surface area (TPSA) is 80.9 Å². The van der Waals surface area contributed by atoms with Crippen molar-refractivity contribution in [3.63, 3.8) is 0 Å². The van der Waals surface area contributed by atoms with E-state index in [9.17, 15) is 5.11 Å². The average molecular weight is 265 g/mol. The van der Waals surface area contributed by atoms with E-state index in [4.69, 9.17) is 24.2 Å². The van der Waals surface area contributed by atoms with Crippen molar-refractivity contribution in [2.45, 2.75) is 18.9 Å². The van der Waals surface area contributed by atoms with Crippen molar-refractivity contribution in [1.82, 2.24) is 0 Å². The highest BCUT2D eigenvalue weighted by Gasteiger charge is 2.27. The van der Waals surface area contributed by atoms with Gasteiger partial charge in [0.05, 0.1) is 32.8 Å². The summed E-state index contributed by atoms with van der Waals surface area (Å²) in [5, 5.41) is 18.3. The fourth-order valence-electron chi connectivity index (χ4n) is 2.02. The molecule has 0 saturated carbocycles. The van der Waals surface area contributed by atoms with Gasteiger partial charge in [0.2, 0.25) is 18.3 Å². The first-order valence-corrected chi connectivity index (χ1v) is 5.79. The third-order valence-corrected chi connectivity index (χ3v) is 2.85. The molecule has 0 aliphatic carbocycles. The summed E-state index contributed by atoms with van der Waals surface area (Å²) in [7, 11) is 3.04. The molecule has 102 valence electrons.